The zero-order valence-electron chi connectivity index (χ0n) is 12.9. The molecule has 5 nitrogen and oxygen atoms in total. The number of likely N-dealkylation sites (tertiary alicyclic amines) is 1. The molecule has 1 amide bonds. The zero-order valence-corrected chi connectivity index (χ0v) is 13.6. The lowest BCUT2D eigenvalue weighted by molar-refractivity contribution is -0.00777. The van der Waals surface area contributed by atoms with E-state index in [0.29, 0.717) is 25.4 Å². The summed E-state index contributed by atoms with van der Waals surface area (Å²) >= 11 is 5.70. The third kappa shape index (κ3) is 4.16. The summed E-state index contributed by atoms with van der Waals surface area (Å²) in [7, 11) is 0. The molecule has 0 aromatic heterocycles. The van der Waals surface area contributed by atoms with Crippen LogP contribution in [0, 0.1) is 11.7 Å². The van der Waals surface area contributed by atoms with Gasteiger partial charge in [0.1, 0.15) is 17.2 Å². The first-order valence-electron chi connectivity index (χ1n) is 7.01. The minimum absolute atomic E-state index is 0.0341. The summed E-state index contributed by atoms with van der Waals surface area (Å²) < 4.78 is 24.0. The Morgan fingerprint density at radius 2 is 2.09 bits per heavy atom. The van der Waals surface area contributed by atoms with Gasteiger partial charge in [0, 0.05) is 31.1 Å². The van der Waals surface area contributed by atoms with Gasteiger partial charge in [0.25, 0.3) is 0 Å². The molecule has 1 heterocycles. The lowest BCUT2D eigenvalue weighted by Crippen LogP contribution is -2.53. The van der Waals surface area contributed by atoms with Gasteiger partial charge in [-0.1, -0.05) is 11.6 Å². The minimum atomic E-state index is -0.578. The summed E-state index contributed by atoms with van der Waals surface area (Å²) in [5, 5.41) is -0.0341. The second-order valence-electron chi connectivity index (χ2n) is 6.37. The number of hydrogen-bond donors (Lipinski definition) is 1. The molecular formula is C15H20ClFN2O3. The highest BCUT2D eigenvalue weighted by Gasteiger charge is 2.34. The number of hydrogen-bond acceptors (Lipinski definition) is 4. The summed E-state index contributed by atoms with van der Waals surface area (Å²) in [5.74, 6) is -0.0378. The Morgan fingerprint density at radius 3 is 2.68 bits per heavy atom. The lowest BCUT2D eigenvalue weighted by Gasteiger charge is -2.39. The first-order chi connectivity index (χ1) is 10.2. The summed E-state index contributed by atoms with van der Waals surface area (Å²) in [5.41, 5.74) is 5.37. The molecule has 1 saturated heterocycles. The first-order valence-corrected chi connectivity index (χ1v) is 7.39. The number of nitrogens with two attached hydrogens (primary N) is 1. The molecule has 0 aliphatic carbocycles. The third-order valence-corrected chi connectivity index (χ3v) is 3.43. The molecule has 1 fully saturated rings. The van der Waals surface area contributed by atoms with Gasteiger partial charge in [-0.2, -0.15) is 0 Å². The predicted octanol–water partition coefficient (Wildman–Crippen LogP) is 3.31. The Labute approximate surface area is 134 Å². The van der Waals surface area contributed by atoms with Crippen molar-refractivity contribution in [1.29, 1.82) is 0 Å². The molecule has 0 saturated carbocycles. The van der Waals surface area contributed by atoms with E-state index in [-0.39, 0.29) is 22.7 Å². The molecule has 1 aliphatic rings. The molecule has 2 rings (SSSR count). The van der Waals surface area contributed by atoms with Crippen molar-refractivity contribution in [2.45, 2.75) is 26.4 Å². The van der Waals surface area contributed by atoms with Gasteiger partial charge in [0.15, 0.2) is 0 Å². The lowest BCUT2D eigenvalue weighted by atomic mass is 10.0. The van der Waals surface area contributed by atoms with Crippen molar-refractivity contribution in [2.24, 2.45) is 5.92 Å². The summed E-state index contributed by atoms with van der Waals surface area (Å²) in [6, 6.07) is 2.49. The van der Waals surface area contributed by atoms with Crippen LogP contribution < -0.4 is 10.5 Å². The van der Waals surface area contributed by atoms with Crippen molar-refractivity contribution in [3.8, 4) is 5.75 Å². The van der Waals surface area contributed by atoms with Gasteiger partial charge in [-0.3, -0.25) is 0 Å². The van der Waals surface area contributed by atoms with Crippen molar-refractivity contribution in [1.82, 2.24) is 4.90 Å². The molecule has 0 atom stereocenters. The fourth-order valence-electron chi connectivity index (χ4n) is 2.03. The maximum absolute atomic E-state index is 13.2. The van der Waals surface area contributed by atoms with Crippen molar-refractivity contribution in [3.63, 3.8) is 0 Å². The van der Waals surface area contributed by atoms with Crippen LogP contribution in [-0.2, 0) is 4.74 Å². The molecule has 0 radical (unpaired) electrons. The molecule has 2 N–H and O–H groups in total. The monoisotopic (exact) mass is 330 g/mol. The standard InChI is InChI=1S/C15H20ClFN2O3/c1-15(2,3)22-14(20)19-6-9(7-19)8-21-13-4-10(16)11(17)5-12(13)18/h4-5,9H,6-8,18H2,1-3H3. The number of carbonyl (C=O) groups is 1. The number of ether oxygens (including phenoxy) is 2. The minimum Gasteiger partial charge on any atom is -0.491 e. The average molecular weight is 331 g/mol. The normalized spacial score (nSPS) is 15.4. The summed E-state index contributed by atoms with van der Waals surface area (Å²) in [6.45, 7) is 6.98. The van der Waals surface area contributed by atoms with E-state index in [0.717, 1.165) is 6.07 Å². The van der Waals surface area contributed by atoms with Crippen LogP contribution in [0.3, 0.4) is 0 Å². The Morgan fingerprint density at radius 1 is 1.45 bits per heavy atom. The number of benzene rings is 1. The van der Waals surface area contributed by atoms with E-state index < -0.39 is 11.4 Å². The molecule has 0 unspecified atom stereocenters. The molecule has 0 bridgehead atoms. The quantitative estimate of drug-likeness (QED) is 0.864. The number of carbonyl (C=O) groups excluding carboxylic acids is 1. The van der Waals surface area contributed by atoms with Gasteiger partial charge in [0.2, 0.25) is 0 Å². The van der Waals surface area contributed by atoms with E-state index in [9.17, 15) is 9.18 Å². The van der Waals surface area contributed by atoms with Gasteiger partial charge < -0.3 is 20.1 Å². The van der Waals surface area contributed by atoms with E-state index >= 15 is 0 Å². The molecule has 22 heavy (non-hydrogen) atoms. The highest BCUT2D eigenvalue weighted by Crippen LogP contribution is 2.29. The molecule has 122 valence electrons. The van der Waals surface area contributed by atoms with Crippen molar-refractivity contribution < 1.29 is 18.7 Å². The molecule has 1 aromatic rings. The van der Waals surface area contributed by atoms with Crippen LogP contribution in [0.5, 0.6) is 5.75 Å². The molecule has 1 aliphatic heterocycles. The predicted molar refractivity (Wildman–Crippen MR) is 82.6 cm³/mol. The van der Waals surface area contributed by atoms with Crippen LogP contribution in [0.4, 0.5) is 14.9 Å². The van der Waals surface area contributed by atoms with Crippen LogP contribution in [0.1, 0.15) is 20.8 Å². The Hall–Kier alpha value is -1.69. The number of anilines is 1. The summed E-state index contributed by atoms with van der Waals surface area (Å²) in [6.07, 6.45) is -0.326. The van der Waals surface area contributed by atoms with Gasteiger partial charge in [0.05, 0.1) is 17.3 Å². The van der Waals surface area contributed by atoms with E-state index in [1.165, 1.54) is 6.07 Å². The van der Waals surface area contributed by atoms with Gasteiger partial charge in [-0.15, -0.1) is 0 Å². The largest absolute Gasteiger partial charge is 0.491 e. The average Bonchev–Trinajstić information content (AvgIpc) is 2.31. The van der Waals surface area contributed by atoms with Crippen LogP contribution in [-0.4, -0.2) is 36.3 Å². The summed E-state index contributed by atoms with van der Waals surface area (Å²) in [4.78, 5) is 13.4. The van der Waals surface area contributed by atoms with E-state index in [2.05, 4.69) is 0 Å². The van der Waals surface area contributed by atoms with Crippen molar-refractivity contribution in [3.05, 3.63) is 23.0 Å². The molecular weight excluding hydrogens is 311 g/mol. The highest BCUT2D eigenvalue weighted by atomic mass is 35.5. The first kappa shape index (κ1) is 16.7. The van der Waals surface area contributed by atoms with E-state index in [4.69, 9.17) is 26.8 Å². The third-order valence-electron chi connectivity index (χ3n) is 3.14. The topological polar surface area (TPSA) is 64.8 Å². The molecule has 0 spiro atoms. The fourth-order valence-corrected chi connectivity index (χ4v) is 2.18. The van der Waals surface area contributed by atoms with Gasteiger partial charge in [-0.05, 0) is 20.8 Å². The van der Waals surface area contributed by atoms with Gasteiger partial charge in [-0.25, -0.2) is 9.18 Å². The number of nitrogen functional groups attached to an aromatic ring is 1. The van der Waals surface area contributed by atoms with E-state index in [1.54, 1.807) is 4.90 Å². The zero-order chi connectivity index (χ0) is 16.5. The Kier molecular flexibility index (Phi) is 4.70. The number of halogens is 2. The highest BCUT2D eigenvalue weighted by molar-refractivity contribution is 6.31. The second kappa shape index (κ2) is 6.20. The van der Waals surface area contributed by atoms with Crippen molar-refractivity contribution >= 4 is 23.4 Å². The van der Waals surface area contributed by atoms with Gasteiger partial charge >= 0.3 is 6.09 Å². The maximum atomic E-state index is 13.2. The van der Waals surface area contributed by atoms with Crippen LogP contribution >= 0.6 is 11.6 Å². The smallest absolute Gasteiger partial charge is 0.410 e. The maximum Gasteiger partial charge on any atom is 0.410 e. The van der Waals surface area contributed by atoms with Crippen LogP contribution in [0.25, 0.3) is 0 Å². The number of nitrogens with zero attached hydrogens (tertiary/aromatic N) is 1. The van der Waals surface area contributed by atoms with Crippen molar-refractivity contribution in [2.75, 3.05) is 25.4 Å². The number of rotatable bonds is 3. The van der Waals surface area contributed by atoms with E-state index in [1.807, 2.05) is 20.8 Å². The molecule has 7 heteroatoms. The Balaban J connectivity index is 1.79. The van der Waals surface area contributed by atoms with Crippen LogP contribution in [0.15, 0.2) is 12.1 Å². The molecule has 1 aromatic carbocycles. The fraction of sp³-hybridized carbons (Fsp3) is 0.533. The number of amides is 1. The second-order valence-corrected chi connectivity index (χ2v) is 6.77. The SMILES string of the molecule is CC(C)(C)OC(=O)N1CC(COc2cc(Cl)c(F)cc2N)C1. The Bertz CT molecular complexity index is 569. The van der Waals surface area contributed by atoms with Crippen LogP contribution in [0.2, 0.25) is 5.02 Å².